The molecular weight excluding hydrogens is 226 g/mol. The van der Waals surface area contributed by atoms with Gasteiger partial charge < -0.3 is 10.5 Å². The van der Waals surface area contributed by atoms with E-state index in [1.165, 1.54) is 5.56 Å². The van der Waals surface area contributed by atoms with Gasteiger partial charge in [0.1, 0.15) is 12.4 Å². The fraction of sp³-hybridized carbons (Fsp3) is 0.133. The molecule has 0 aliphatic rings. The van der Waals surface area contributed by atoms with Crippen molar-refractivity contribution < 1.29 is 9.53 Å². The molecule has 2 aromatic rings. The van der Waals surface area contributed by atoms with Crippen LogP contribution in [0.25, 0.3) is 0 Å². The number of benzene rings is 2. The van der Waals surface area contributed by atoms with Gasteiger partial charge in [0.25, 0.3) is 0 Å². The Morgan fingerprint density at radius 2 is 1.89 bits per heavy atom. The van der Waals surface area contributed by atoms with Gasteiger partial charge in [-0.15, -0.1) is 0 Å². The highest BCUT2D eigenvalue weighted by Gasteiger charge is 2.02. The number of aryl methyl sites for hydroxylation is 1. The van der Waals surface area contributed by atoms with E-state index in [0.29, 0.717) is 12.2 Å². The number of primary amides is 1. The van der Waals surface area contributed by atoms with Gasteiger partial charge in [0.15, 0.2) is 0 Å². The molecule has 0 unspecified atom stereocenters. The van der Waals surface area contributed by atoms with Gasteiger partial charge in [0.2, 0.25) is 5.91 Å². The minimum absolute atomic E-state index is 0.421. The fourth-order valence-corrected chi connectivity index (χ4v) is 1.62. The standard InChI is InChI=1S/C15H15NO2/c1-11-5-7-14(8-6-11)18-10-12-3-2-4-13(9-12)15(16)17/h2-9H,10H2,1H3,(H2,16,17). The summed E-state index contributed by atoms with van der Waals surface area (Å²) in [6.07, 6.45) is 0. The maximum atomic E-state index is 11.0. The van der Waals surface area contributed by atoms with Gasteiger partial charge in [-0.05, 0) is 36.8 Å². The molecule has 2 rings (SSSR count). The zero-order valence-corrected chi connectivity index (χ0v) is 10.2. The lowest BCUT2D eigenvalue weighted by atomic mass is 10.1. The van der Waals surface area contributed by atoms with Crippen molar-refractivity contribution >= 4 is 5.91 Å². The predicted molar refractivity (Wildman–Crippen MR) is 70.5 cm³/mol. The predicted octanol–water partition coefficient (Wildman–Crippen LogP) is 2.67. The van der Waals surface area contributed by atoms with Crippen molar-refractivity contribution in [2.24, 2.45) is 5.73 Å². The topological polar surface area (TPSA) is 52.3 Å². The van der Waals surface area contributed by atoms with Crippen molar-refractivity contribution in [3.8, 4) is 5.75 Å². The van der Waals surface area contributed by atoms with E-state index < -0.39 is 5.91 Å². The van der Waals surface area contributed by atoms with Gasteiger partial charge in [-0.2, -0.15) is 0 Å². The number of ether oxygens (including phenoxy) is 1. The fourth-order valence-electron chi connectivity index (χ4n) is 1.62. The van der Waals surface area contributed by atoms with Crippen LogP contribution in [-0.2, 0) is 6.61 Å². The van der Waals surface area contributed by atoms with Crippen LogP contribution in [0.4, 0.5) is 0 Å². The average molecular weight is 241 g/mol. The molecule has 0 saturated carbocycles. The van der Waals surface area contributed by atoms with Crippen LogP contribution in [0.1, 0.15) is 21.5 Å². The summed E-state index contributed by atoms with van der Waals surface area (Å²) in [5, 5.41) is 0. The van der Waals surface area contributed by atoms with E-state index in [-0.39, 0.29) is 0 Å². The van der Waals surface area contributed by atoms with E-state index in [0.717, 1.165) is 11.3 Å². The Morgan fingerprint density at radius 1 is 1.17 bits per heavy atom. The molecule has 0 bridgehead atoms. The van der Waals surface area contributed by atoms with E-state index in [1.807, 2.05) is 37.3 Å². The zero-order valence-electron chi connectivity index (χ0n) is 10.2. The van der Waals surface area contributed by atoms with Crippen molar-refractivity contribution in [2.45, 2.75) is 13.5 Å². The molecular formula is C15H15NO2. The number of carbonyl (C=O) groups is 1. The van der Waals surface area contributed by atoms with E-state index in [4.69, 9.17) is 10.5 Å². The minimum atomic E-state index is -0.424. The van der Waals surface area contributed by atoms with Crippen LogP contribution in [0.2, 0.25) is 0 Å². The molecule has 0 saturated heterocycles. The third-order valence-electron chi connectivity index (χ3n) is 2.64. The molecule has 0 spiro atoms. The van der Waals surface area contributed by atoms with Crippen molar-refractivity contribution in [2.75, 3.05) is 0 Å². The average Bonchev–Trinajstić information content (AvgIpc) is 2.38. The Morgan fingerprint density at radius 3 is 2.56 bits per heavy atom. The smallest absolute Gasteiger partial charge is 0.248 e. The van der Waals surface area contributed by atoms with Crippen LogP contribution < -0.4 is 10.5 Å². The van der Waals surface area contributed by atoms with E-state index in [1.54, 1.807) is 18.2 Å². The quantitative estimate of drug-likeness (QED) is 0.894. The third kappa shape index (κ3) is 3.10. The molecule has 1 amide bonds. The Balaban J connectivity index is 2.04. The molecule has 0 aliphatic carbocycles. The van der Waals surface area contributed by atoms with E-state index in [9.17, 15) is 4.79 Å². The van der Waals surface area contributed by atoms with Crippen molar-refractivity contribution in [3.63, 3.8) is 0 Å². The molecule has 2 N–H and O–H groups in total. The van der Waals surface area contributed by atoms with Gasteiger partial charge in [-0.25, -0.2) is 0 Å². The first-order chi connectivity index (χ1) is 8.65. The number of rotatable bonds is 4. The highest BCUT2D eigenvalue weighted by atomic mass is 16.5. The monoisotopic (exact) mass is 241 g/mol. The molecule has 0 aromatic heterocycles. The molecule has 92 valence electrons. The normalized spacial score (nSPS) is 10.1. The maximum absolute atomic E-state index is 11.0. The summed E-state index contributed by atoms with van der Waals surface area (Å²) in [6.45, 7) is 2.45. The van der Waals surface area contributed by atoms with Crippen LogP contribution >= 0.6 is 0 Å². The lowest BCUT2D eigenvalue weighted by molar-refractivity contribution is 0.1000. The lowest BCUT2D eigenvalue weighted by Crippen LogP contribution is -2.11. The van der Waals surface area contributed by atoms with Gasteiger partial charge in [-0.3, -0.25) is 4.79 Å². The Hall–Kier alpha value is -2.29. The number of amides is 1. The van der Waals surface area contributed by atoms with Crippen LogP contribution in [0.15, 0.2) is 48.5 Å². The van der Waals surface area contributed by atoms with Crippen molar-refractivity contribution in [3.05, 3.63) is 65.2 Å². The molecule has 0 atom stereocenters. The second kappa shape index (κ2) is 5.36. The highest BCUT2D eigenvalue weighted by Crippen LogP contribution is 2.14. The van der Waals surface area contributed by atoms with Crippen molar-refractivity contribution in [1.82, 2.24) is 0 Å². The van der Waals surface area contributed by atoms with E-state index >= 15 is 0 Å². The number of hydrogen-bond donors (Lipinski definition) is 1. The van der Waals surface area contributed by atoms with Gasteiger partial charge in [0.05, 0.1) is 0 Å². The first-order valence-electron chi connectivity index (χ1n) is 5.73. The third-order valence-corrected chi connectivity index (χ3v) is 2.64. The number of nitrogens with two attached hydrogens (primary N) is 1. The zero-order chi connectivity index (χ0) is 13.0. The summed E-state index contributed by atoms with van der Waals surface area (Å²) >= 11 is 0. The minimum Gasteiger partial charge on any atom is -0.489 e. The van der Waals surface area contributed by atoms with E-state index in [2.05, 4.69) is 0 Å². The number of hydrogen-bond acceptors (Lipinski definition) is 2. The molecule has 18 heavy (non-hydrogen) atoms. The molecule has 0 radical (unpaired) electrons. The highest BCUT2D eigenvalue weighted by molar-refractivity contribution is 5.92. The molecule has 3 heteroatoms. The van der Waals surface area contributed by atoms with Crippen LogP contribution in [0, 0.1) is 6.92 Å². The van der Waals surface area contributed by atoms with Crippen LogP contribution in [0.5, 0.6) is 5.75 Å². The van der Waals surface area contributed by atoms with Gasteiger partial charge in [-0.1, -0.05) is 29.8 Å². The Kier molecular flexibility index (Phi) is 3.63. The second-order valence-electron chi connectivity index (χ2n) is 4.17. The van der Waals surface area contributed by atoms with Gasteiger partial charge in [0, 0.05) is 5.56 Å². The summed E-state index contributed by atoms with van der Waals surface area (Å²) in [7, 11) is 0. The van der Waals surface area contributed by atoms with Crippen LogP contribution in [0.3, 0.4) is 0 Å². The summed E-state index contributed by atoms with van der Waals surface area (Å²) in [4.78, 5) is 11.0. The van der Waals surface area contributed by atoms with Gasteiger partial charge >= 0.3 is 0 Å². The lowest BCUT2D eigenvalue weighted by Gasteiger charge is -2.07. The summed E-state index contributed by atoms with van der Waals surface area (Å²) in [5.74, 6) is 0.386. The SMILES string of the molecule is Cc1ccc(OCc2cccc(C(N)=O)c2)cc1. The van der Waals surface area contributed by atoms with Crippen LogP contribution in [-0.4, -0.2) is 5.91 Å². The Labute approximate surface area is 106 Å². The molecule has 0 fully saturated rings. The molecule has 3 nitrogen and oxygen atoms in total. The summed E-state index contributed by atoms with van der Waals surface area (Å²) in [6, 6.07) is 15.0. The summed E-state index contributed by atoms with van der Waals surface area (Å²) < 4.78 is 5.63. The Bertz CT molecular complexity index is 547. The number of carbonyl (C=O) groups excluding carboxylic acids is 1. The first-order valence-corrected chi connectivity index (χ1v) is 5.73. The first kappa shape index (κ1) is 12.2. The molecule has 0 aliphatic heterocycles. The molecule has 0 heterocycles. The molecule has 2 aromatic carbocycles. The second-order valence-corrected chi connectivity index (χ2v) is 4.17. The maximum Gasteiger partial charge on any atom is 0.248 e. The summed E-state index contributed by atoms with van der Waals surface area (Å²) in [5.41, 5.74) is 7.84. The largest absolute Gasteiger partial charge is 0.489 e. The van der Waals surface area contributed by atoms with Crippen molar-refractivity contribution in [1.29, 1.82) is 0 Å².